The van der Waals surface area contributed by atoms with Gasteiger partial charge in [-0.2, -0.15) is 0 Å². The molecule has 0 fully saturated rings. The topological polar surface area (TPSA) is 20.2 Å². The first-order valence-corrected chi connectivity index (χ1v) is 8.91. The number of unbranched alkanes of at least 4 members (excludes halogenated alkanes) is 2. The van der Waals surface area contributed by atoms with E-state index in [1.165, 1.54) is 47.1 Å². The first kappa shape index (κ1) is 18.7. The van der Waals surface area contributed by atoms with E-state index < -0.39 is 5.60 Å². The van der Waals surface area contributed by atoms with Crippen molar-refractivity contribution in [2.24, 2.45) is 0 Å². The molecule has 1 aromatic rings. The molecular weight excluding hydrogens is 316 g/mol. The number of allylic oxidation sites excluding steroid dienone is 2. The standard InChI is InChI=1S/C21H28O.Ti/c1-3-5-7-16-8-9-19-17(13-16)14-18-15-21(22,11-6-4-2)12-10-20(18)19;/h8-10,12-13,22H,3-7,11,14-15H2,1-2H3;. The predicted octanol–water partition coefficient (Wildman–Crippen LogP) is 5.22. The predicted molar refractivity (Wildman–Crippen MR) is 93.9 cm³/mol. The molecule has 0 radical (unpaired) electrons. The van der Waals surface area contributed by atoms with E-state index in [0.717, 1.165) is 32.1 Å². The Hall–Kier alpha value is -0.626. The Morgan fingerprint density at radius 1 is 1.13 bits per heavy atom. The second-order valence-electron chi connectivity index (χ2n) is 7.01. The molecule has 2 heteroatoms. The maximum atomic E-state index is 10.8. The molecule has 0 bridgehead atoms. The van der Waals surface area contributed by atoms with Gasteiger partial charge in [0.2, 0.25) is 0 Å². The summed E-state index contributed by atoms with van der Waals surface area (Å²) in [6.45, 7) is 4.43. The van der Waals surface area contributed by atoms with Crippen LogP contribution in [0.4, 0.5) is 0 Å². The van der Waals surface area contributed by atoms with Gasteiger partial charge in [-0.3, -0.25) is 0 Å². The summed E-state index contributed by atoms with van der Waals surface area (Å²) in [7, 11) is 0. The Bertz CT molecular complexity index is 614. The van der Waals surface area contributed by atoms with Crippen molar-refractivity contribution in [1.82, 2.24) is 0 Å². The van der Waals surface area contributed by atoms with Gasteiger partial charge in [0.1, 0.15) is 0 Å². The molecule has 1 aromatic carbocycles. The first-order valence-electron chi connectivity index (χ1n) is 8.91. The molecule has 3 rings (SSSR count). The van der Waals surface area contributed by atoms with Crippen molar-refractivity contribution >= 4 is 5.57 Å². The second kappa shape index (κ2) is 7.97. The third kappa shape index (κ3) is 4.07. The van der Waals surface area contributed by atoms with Crippen molar-refractivity contribution in [2.45, 2.75) is 70.8 Å². The molecule has 1 unspecified atom stereocenters. The minimum absolute atomic E-state index is 0. The molecular formula is C21H28OTi. The number of fused-ring (bicyclic) bond motifs is 2. The van der Waals surface area contributed by atoms with Crippen LogP contribution in [-0.2, 0) is 34.6 Å². The zero-order chi connectivity index (χ0) is 15.6. The molecule has 0 saturated carbocycles. The van der Waals surface area contributed by atoms with Crippen molar-refractivity contribution in [3.8, 4) is 0 Å². The van der Waals surface area contributed by atoms with E-state index in [-0.39, 0.29) is 21.7 Å². The summed E-state index contributed by atoms with van der Waals surface area (Å²) in [5, 5.41) is 10.8. The van der Waals surface area contributed by atoms with Gasteiger partial charge in [-0.1, -0.05) is 69.0 Å². The average Bonchev–Trinajstić information content (AvgIpc) is 2.87. The van der Waals surface area contributed by atoms with Gasteiger partial charge in [-0.25, -0.2) is 0 Å². The Kier molecular flexibility index (Phi) is 6.48. The van der Waals surface area contributed by atoms with Crippen LogP contribution in [0.3, 0.4) is 0 Å². The van der Waals surface area contributed by atoms with Gasteiger partial charge in [-0.15, -0.1) is 0 Å². The normalized spacial score (nSPS) is 21.9. The molecule has 2 aliphatic rings. The number of aryl methyl sites for hydroxylation is 1. The average molecular weight is 344 g/mol. The van der Waals surface area contributed by atoms with E-state index in [2.05, 4.69) is 38.1 Å². The van der Waals surface area contributed by atoms with E-state index >= 15 is 0 Å². The number of aliphatic hydroxyl groups is 1. The van der Waals surface area contributed by atoms with Crippen LogP contribution in [0.25, 0.3) is 5.57 Å². The Balaban J connectivity index is 0.00000192. The molecule has 1 N–H and O–H groups in total. The molecule has 122 valence electrons. The van der Waals surface area contributed by atoms with Crippen molar-refractivity contribution in [2.75, 3.05) is 0 Å². The van der Waals surface area contributed by atoms with Crippen LogP contribution < -0.4 is 0 Å². The van der Waals surface area contributed by atoms with E-state index in [0.29, 0.717) is 0 Å². The van der Waals surface area contributed by atoms with Gasteiger partial charge >= 0.3 is 0 Å². The Morgan fingerprint density at radius 2 is 1.91 bits per heavy atom. The van der Waals surface area contributed by atoms with Crippen molar-refractivity contribution in [3.63, 3.8) is 0 Å². The maximum Gasteiger partial charge on any atom is 0.0868 e. The van der Waals surface area contributed by atoms with Crippen LogP contribution >= 0.6 is 0 Å². The van der Waals surface area contributed by atoms with Crippen LogP contribution in [0, 0.1) is 0 Å². The van der Waals surface area contributed by atoms with E-state index in [9.17, 15) is 5.11 Å². The summed E-state index contributed by atoms with van der Waals surface area (Å²) in [4.78, 5) is 0. The zero-order valence-electron chi connectivity index (χ0n) is 14.5. The van der Waals surface area contributed by atoms with E-state index in [4.69, 9.17) is 0 Å². The van der Waals surface area contributed by atoms with Crippen LogP contribution in [0.2, 0.25) is 0 Å². The largest absolute Gasteiger partial charge is 0.385 e. The third-order valence-corrected chi connectivity index (χ3v) is 5.11. The summed E-state index contributed by atoms with van der Waals surface area (Å²) in [6, 6.07) is 6.97. The van der Waals surface area contributed by atoms with Gasteiger partial charge in [0.05, 0.1) is 5.60 Å². The van der Waals surface area contributed by atoms with Gasteiger partial charge in [-0.05, 0) is 47.9 Å². The van der Waals surface area contributed by atoms with Crippen LogP contribution in [0.5, 0.6) is 0 Å². The number of hydrogen-bond acceptors (Lipinski definition) is 1. The molecule has 0 aliphatic heterocycles. The summed E-state index contributed by atoms with van der Waals surface area (Å²) in [5.41, 5.74) is 6.52. The summed E-state index contributed by atoms with van der Waals surface area (Å²) in [6.07, 6.45) is 12.9. The number of hydrogen-bond donors (Lipinski definition) is 1. The maximum absolute atomic E-state index is 10.8. The minimum Gasteiger partial charge on any atom is -0.385 e. The van der Waals surface area contributed by atoms with Gasteiger partial charge in [0.15, 0.2) is 0 Å². The van der Waals surface area contributed by atoms with Gasteiger partial charge in [0, 0.05) is 28.1 Å². The molecule has 1 atom stereocenters. The van der Waals surface area contributed by atoms with Gasteiger partial charge < -0.3 is 5.11 Å². The smallest absolute Gasteiger partial charge is 0.0868 e. The molecule has 2 aliphatic carbocycles. The molecule has 0 spiro atoms. The molecule has 0 heterocycles. The summed E-state index contributed by atoms with van der Waals surface area (Å²) in [5.74, 6) is 0. The zero-order valence-corrected chi connectivity index (χ0v) is 16.1. The summed E-state index contributed by atoms with van der Waals surface area (Å²) < 4.78 is 0. The summed E-state index contributed by atoms with van der Waals surface area (Å²) >= 11 is 0. The number of benzene rings is 1. The van der Waals surface area contributed by atoms with Crippen molar-refractivity contribution in [1.29, 1.82) is 0 Å². The fourth-order valence-electron chi connectivity index (χ4n) is 3.79. The van der Waals surface area contributed by atoms with Crippen LogP contribution in [-0.4, -0.2) is 10.7 Å². The second-order valence-corrected chi connectivity index (χ2v) is 7.01. The van der Waals surface area contributed by atoms with Gasteiger partial charge in [0.25, 0.3) is 0 Å². The van der Waals surface area contributed by atoms with Crippen LogP contribution in [0.1, 0.15) is 69.1 Å². The van der Waals surface area contributed by atoms with E-state index in [1.54, 1.807) is 0 Å². The SMILES string of the molecule is CCCCc1ccc2c(c1)CC1=C2C=CC(O)(CCCC)C1.[Ti]. The van der Waals surface area contributed by atoms with Crippen molar-refractivity contribution < 1.29 is 26.8 Å². The Morgan fingerprint density at radius 3 is 2.65 bits per heavy atom. The Labute approximate surface area is 155 Å². The first-order chi connectivity index (χ1) is 10.6. The quantitative estimate of drug-likeness (QED) is 0.702. The minimum atomic E-state index is -0.609. The molecule has 0 amide bonds. The van der Waals surface area contributed by atoms with Crippen LogP contribution in [0.15, 0.2) is 35.9 Å². The number of rotatable bonds is 6. The molecule has 0 aromatic heterocycles. The molecule has 1 nitrogen and oxygen atoms in total. The fourth-order valence-corrected chi connectivity index (χ4v) is 3.79. The van der Waals surface area contributed by atoms with E-state index in [1.807, 2.05) is 6.08 Å². The third-order valence-electron chi connectivity index (χ3n) is 5.11. The fraction of sp³-hybridized carbons (Fsp3) is 0.524. The molecule has 0 saturated heterocycles. The van der Waals surface area contributed by atoms with Crippen molar-refractivity contribution in [3.05, 3.63) is 52.6 Å². The molecule has 23 heavy (non-hydrogen) atoms. The monoisotopic (exact) mass is 344 g/mol.